The van der Waals surface area contributed by atoms with Crippen molar-refractivity contribution in [2.45, 2.75) is 0 Å². The highest BCUT2D eigenvalue weighted by Crippen LogP contribution is 2.22. The van der Waals surface area contributed by atoms with Crippen LogP contribution in [0.1, 0.15) is 0 Å². The number of benzene rings is 1. The summed E-state index contributed by atoms with van der Waals surface area (Å²) in [6.45, 7) is 1.34. The molecule has 1 N–H and O–H groups in total. The van der Waals surface area contributed by atoms with E-state index in [4.69, 9.17) is 16.3 Å². The van der Waals surface area contributed by atoms with Crippen LogP contribution in [0.5, 0.6) is 0 Å². The van der Waals surface area contributed by atoms with E-state index in [0.717, 1.165) is 22.7 Å². The standard InChI is InChI=1S/C15H15ClN4O/c1-21-9-8-17-14-6-7-15-18-10-13(20(15)19-14)11-2-4-12(16)5-3-11/h2-7,10H,8-9H2,1H3,(H,17,19). The second-order valence-corrected chi connectivity index (χ2v) is 4.99. The molecule has 21 heavy (non-hydrogen) atoms. The first kappa shape index (κ1) is 13.9. The molecular formula is C15H15ClN4O. The van der Waals surface area contributed by atoms with Crippen molar-refractivity contribution in [3.8, 4) is 11.3 Å². The number of aromatic nitrogens is 3. The van der Waals surface area contributed by atoms with Gasteiger partial charge in [0.2, 0.25) is 0 Å². The molecule has 0 saturated heterocycles. The van der Waals surface area contributed by atoms with Crippen molar-refractivity contribution in [1.29, 1.82) is 0 Å². The van der Waals surface area contributed by atoms with E-state index in [2.05, 4.69) is 15.4 Å². The van der Waals surface area contributed by atoms with Gasteiger partial charge in [-0.2, -0.15) is 0 Å². The van der Waals surface area contributed by atoms with Crippen LogP contribution in [0, 0.1) is 0 Å². The number of nitrogens with zero attached hydrogens (tertiary/aromatic N) is 3. The maximum Gasteiger partial charge on any atom is 0.154 e. The SMILES string of the molecule is COCCNc1ccc2ncc(-c3ccc(Cl)cc3)n2n1. The molecule has 3 aromatic rings. The third-order valence-electron chi connectivity index (χ3n) is 3.11. The smallest absolute Gasteiger partial charge is 0.154 e. The van der Waals surface area contributed by atoms with Gasteiger partial charge in [0.25, 0.3) is 0 Å². The summed E-state index contributed by atoms with van der Waals surface area (Å²) in [5, 5.41) is 8.48. The summed E-state index contributed by atoms with van der Waals surface area (Å²) in [7, 11) is 1.67. The zero-order valence-corrected chi connectivity index (χ0v) is 12.3. The highest BCUT2D eigenvalue weighted by molar-refractivity contribution is 6.30. The molecule has 5 nitrogen and oxygen atoms in total. The van der Waals surface area contributed by atoms with Crippen LogP contribution in [0.4, 0.5) is 5.82 Å². The average Bonchev–Trinajstić information content (AvgIpc) is 2.92. The largest absolute Gasteiger partial charge is 0.383 e. The number of halogens is 1. The van der Waals surface area contributed by atoms with Crippen molar-refractivity contribution in [3.05, 3.63) is 47.6 Å². The molecule has 1 aromatic carbocycles. The molecule has 0 atom stereocenters. The van der Waals surface area contributed by atoms with Crippen LogP contribution in [-0.2, 0) is 4.74 Å². The fraction of sp³-hybridized carbons (Fsp3) is 0.200. The van der Waals surface area contributed by atoms with Gasteiger partial charge in [-0.25, -0.2) is 9.50 Å². The van der Waals surface area contributed by atoms with Gasteiger partial charge >= 0.3 is 0 Å². The Kier molecular flexibility index (Phi) is 4.03. The normalized spacial score (nSPS) is 11.0. The van der Waals surface area contributed by atoms with Crippen LogP contribution in [0.2, 0.25) is 5.02 Å². The molecule has 0 aliphatic carbocycles. The van der Waals surface area contributed by atoms with Gasteiger partial charge in [-0.15, -0.1) is 5.10 Å². The summed E-state index contributed by atoms with van der Waals surface area (Å²) in [6.07, 6.45) is 1.81. The quantitative estimate of drug-likeness (QED) is 0.736. The van der Waals surface area contributed by atoms with Crippen molar-refractivity contribution in [3.63, 3.8) is 0 Å². The number of nitrogens with one attached hydrogen (secondary N) is 1. The lowest BCUT2D eigenvalue weighted by atomic mass is 10.2. The van der Waals surface area contributed by atoms with Gasteiger partial charge in [0, 0.05) is 24.2 Å². The summed E-state index contributed by atoms with van der Waals surface area (Å²) in [4.78, 5) is 4.37. The van der Waals surface area contributed by atoms with Gasteiger partial charge in [0.1, 0.15) is 5.82 Å². The maximum absolute atomic E-state index is 5.93. The van der Waals surface area contributed by atoms with Gasteiger partial charge in [-0.1, -0.05) is 23.7 Å². The Labute approximate surface area is 127 Å². The number of fused-ring (bicyclic) bond motifs is 1. The summed E-state index contributed by atoms with van der Waals surface area (Å²) in [6, 6.07) is 11.5. The molecule has 6 heteroatoms. The van der Waals surface area contributed by atoms with Crippen LogP contribution >= 0.6 is 11.6 Å². The van der Waals surface area contributed by atoms with E-state index < -0.39 is 0 Å². The molecule has 3 rings (SSSR count). The summed E-state index contributed by atoms with van der Waals surface area (Å²) < 4.78 is 6.84. The number of methoxy groups -OCH3 is 1. The number of ether oxygens (including phenoxy) is 1. The predicted octanol–water partition coefficient (Wildman–Crippen LogP) is 3.11. The second-order valence-electron chi connectivity index (χ2n) is 4.56. The van der Waals surface area contributed by atoms with Crippen LogP contribution in [0.3, 0.4) is 0 Å². The molecule has 2 aromatic heterocycles. The molecule has 0 saturated carbocycles. The lowest BCUT2D eigenvalue weighted by Crippen LogP contribution is -2.10. The minimum Gasteiger partial charge on any atom is -0.383 e. The zero-order chi connectivity index (χ0) is 14.7. The predicted molar refractivity (Wildman–Crippen MR) is 83.8 cm³/mol. The Bertz CT molecular complexity index is 739. The maximum atomic E-state index is 5.93. The Morgan fingerprint density at radius 3 is 2.76 bits per heavy atom. The Morgan fingerprint density at radius 1 is 1.19 bits per heavy atom. The fourth-order valence-electron chi connectivity index (χ4n) is 2.07. The average molecular weight is 303 g/mol. The second kappa shape index (κ2) is 6.11. The van der Waals surface area contributed by atoms with E-state index in [1.54, 1.807) is 7.11 Å². The number of imidazole rings is 1. The summed E-state index contributed by atoms with van der Waals surface area (Å²) in [5.41, 5.74) is 2.75. The van der Waals surface area contributed by atoms with E-state index in [1.807, 2.05) is 47.1 Å². The number of hydrogen-bond donors (Lipinski definition) is 1. The molecular weight excluding hydrogens is 288 g/mol. The van der Waals surface area contributed by atoms with E-state index in [1.165, 1.54) is 0 Å². The van der Waals surface area contributed by atoms with Gasteiger partial charge in [-0.05, 0) is 24.3 Å². The topological polar surface area (TPSA) is 51.5 Å². The number of rotatable bonds is 5. The Hall–Kier alpha value is -2.11. The Balaban J connectivity index is 1.95. The fourth-order valence-corrected chi connectivity index (χ4v) is 2.19. The van der Waals surface area contributed by atoms with Crippen molar-refractivity contribution >= 4 is 23.1 Å². The molecule has 0 aliphatic heterocycles. The van der Waals surface area contributed by atoms with Crippen LogP contribution in [-0.4, -0.2) is 34.9 Å². The third kappa shape index (κ3) is 2.99. The molecule has 0 amide bonds. The monoisotopic (exact) mass is 302 g/mol. The third-order valence-corrected chi connectivity index (χ3v) is 3.37. The van der Waals surface area contributed by atoms with E-state index in [-0.39, 0.29) is 0 Å². The van der Waals surface area contributed by atoms with Crippen molar-refractivity contribution in [2.24, 2.45) is 0 Å². The van der Waals surface area contributed by atoms with E-state index >= 15 is 0 Å². The Morgan fingerprint density at radius 2 is 2.00 bits per heavy atom. The van der Waals surface area contributed by atoms with Crippen molar-refractivity contribution in [2.75, 3.05) is 25.6 Å². The summed E-state index contributed by atoms with van der Waals surface area (Å²) in [5.74, 6) is 0.785. The molecule has 0 spiro atoms. The highest BCUT2D eigenvalue weighted by atomic mass is 35.5. The lowest BCUT2D eigenvalue weighted by Gasteiger charge is -2.06. The van der Waals surface area contributed by atoms with Crippen molar-refractivity contribution in [1.82, 2.24) is 14.6 Å². The number of anilines is 1. The van der Waals surface area contributed by atoms with E-state index in [0.29, 0.717) is 18.2 Å². The minimum atomic E-state index is 0.633. The zero-order valence-electron chi connectivity index (χ0n) is 11.6. The van der Waals surface area contributed by atoms with Gasteiger partial charge < -0.3 is 10.1 Å². The molecule has 108 valence electrons. The first-order valence-corrected chi connectivity index (χ1v) is 6.99. The van der Waals surface area contributed by atoms with Crippen molar-refractivity contribution < 1.29 is 4.74 Å². The lowest BCUT2D eigenvalue weighted by molar-refractivity contribution is 0.210. The number of hydrogen-bond acceptors (Lipinski definition) is 4. The molecule has 0 unspecified atom stereocenters. The first-order chi connectivity index (χ1) is 10.3. The molecule has 0 radical (unpaired) electrons. The molecule has 2 heterocycles. The van der Waals surface area contributed by atoms with E-state index in [9.17, 15) is 0 Å². The molecule has 0 aliphatic rings. The van der Waals surface area contributed by atoms with Gasteiger partial charge in [-0.3, -0.25) is 0 Å². The van der Waals surface area contributed by atoms with Gasteiger partial charge in [0.05, 0.1) is 18.5 Å². The highest BCUT2D eigenvalue weighted by Gasteiger charge is 2.07. The minimum absolute atomic E-state index is 0.633. The van der Waals surface area contributed by atoms with Crippen LogP contribution < -0.4 is 5.32 Å². The van der Waals surface area contributed by atoms with Crippen LogP contribution in [0.15, 0.2) is 42.6 Å². The summed E-state index contributed by atoms with van der Waals surface area (Å²) >= 11 is 5.93. The van der Waals surface area contributed by atoms with Crippen LogP contribution in [0.25, 0.3) is 16.9 Å². The molecule has 0 fully saturated rings. The van der Waals surface area contributed by atoms with Gasteiger partial charge in [0.15, 0.2) is 5.65 Å². The molecule has 0 bridgehead atoms. The first-order valence-electron chi connectivity index (χ1n) is 6.61.